The molecule has 4 nitrogen and oxygen atoms in total. The van der Waals surface area contributed by atoms with Crippen LogP contribution in [-0.2, 0) is 4.79 Å². The lowest BCUT2D eigenvalue weighted by Gasteiger charge is -2.14. The zero-order valence-corrected chi connectivity index (χ0v) is 15.7. The Morgan fingerprint density at radius 3 is 2.64 bits per heavy atom. The fourth-order valence-corrected chi connectivity index (χ4v) is 3.61. The summed E-state index contributed by atoms with van der Waals surface area (Å²) in [7, 11) is 0. The number of anilines is 1. The van der Waals surface area contributed by atoms with Crippen molar-refractivity contribution >= 4 is 32.6 Å². The van der Waals surface area contributed by atoms with Crippen molar-refractivity contribution in [3.63, 3.8) is 0 Å². The maximum absolute atomic E-state index is 12.2. The van der Waals surface area contributed by atoms with Gasteiger partial charge in [-0.15, -0.1) is 0 Å². The number of fused-ring (bicyclic) bond motifs is 1. The van der Waals surface area contributed by atoms with E-state index in [1.54, 1.807) is 0 Å². The van der Waals surface area contributed by atoms with Crippen LogP contribution in [0.25, 0.3) is 10.2 Å². The Kier molecular flexibility index (Phi) is 5.04. The highest BCUT2D eigenvalue weighted by Gasteiger charge is 2.12. The number of nitrogens with one attached hydrogen (secondary N) is 1. The molecule has 1 aromatic heterocycles. The van der Waals surface area contributed by atoms with Gasteiger partial charge in [-0.1, -0.05) is 43.4 Å². The highest BCUT2D eigenvalue weighted by Crippen LogP contribution is 2.28. The second kappa shape index (κ2) is 7.23. The maximum Gasteiger partial charge on any atom is 0.264 e. The SMILES string of the molecule is Cc1ccc(C(C)C)c(OCC(=O)Nc2nc3ccc(C)cc3s2)c1. The Morgan fingerprint density at radius 2 is 1.88 bits per heavy atom. The molecule has 0 saturated carbocycles. The molecule has 3 rings (SSSR count). The van der Waals surface area contributed by atoms with Gasteiger partial charge < -0.3 is 4.74 Å². The summed E-state index contributed by atoms with van der Waals surface area (Å²) in [5.74, 6) is 0.906. The molecule has 0 radical (unpaired) electrons. The molecule has 130 valence electrons. The van der Waals surface area contributed by atoms with E-state index >= 15 is 0 Å². The molecule has 1 N–H and O–H groups in total. The molecule has 0 atom stereocenters. The zero-order chi connectivity index (χ0) is 18.0. The number of carbonyl (C=O) groups is 1. The highest BCUT2D eigenvalue weighted by atomic mass is 32.1. The van der Waals surface area contributed by atoms with Crippen molar-refractivity contribution in [2.45, 2.75) is 33.6 Å². The number of aryl methyl sites for hydroxylation is 2. The van der Waals surface area contributed by atoms with Gasteiger partial charge >= 0.3 is 0 Å². The number of benzene rings is 2. The first-order valence-electron chi connectivity index (χ1n) is 8.33. The summed E-state index contributed by atoms with van der Waals surface area (Å²) in [6, 6.07) is 12.1. The van der Waals surface area contributed by atoms with Crippen LogP contribution in [0.4, 0.5) is 5.13 Å². The van der Waals surface area contributed by atoms with Crippen molar-refractivity contribution in [3.8, 4) is 5.75 Å². The van der Waals surface area contributed by atoms with E-state index in [-0.39, 0.29) is 12.5 Å². The van der Waals surface area contributed by atoms with E-state index in [0.29, 0.717) is 11.0 Å². The summed E-state index contributed by atoms with van der Waals surface area (Å²) in [4.78, 5) is 16.7. The Labute approximate surface area is 151 Å². The van der Waals surface area contributed by atoms with Crippen LogP contribution in [0.15, 0.2) is 36.4 Å². The van der Waals surface area contributed by atoms with Crippen molar-refractivity contribution in [3.05, 3.63) is 53.1 Å². The lowest BCUT2D eigenvalue weighted by molar-refractivity contribution is -0.118. The van der Waals surface area contributed by atoms with Crippen LogP contribution in [-0.4, -0.2) is 17.5 Å². The highest BCUT2D eigenvalue weighted by molar-refractivity contribution is 7.22. The molecule has 0 aliphatic heterocycles. The van der Waals surface area contributed by atoms with Gasteiger partial charge in [0.05, 0.1) is 10.2 Å². The number of carbonyl (C=O) groups excluding carboxylic acids is 1. The number of ether oxygens (including phenoxy) is 1. The first-order valence-corrected chi connectivity index (χ1v) is 9.14. The standard InChI is InChI=1S/C20H22N2O2S/c1-12(2)15-7-5-13(3)9-17(15)24-11-19(23)22-20-21-16-8-6-14(4)10-18(16)25-20/h5-10,12H,11H2,1-4H3,(H,21,22,23). The second-order valence-corrected chi connectivity index (χ2v) is 7.55. The van der Waals surface area contributed by atoms with Crippen molar-refractivity contribution < 1.29 is 9.53 Å². The van der Waals surface area contributed by atoms with Gasteiger partial charge in [0, 0.05) is 0 Å². The predicted molar refractivity (Wildman–Crippen MR) is 104 cm³/mol. The van der Waals surface area contributed by atoms with Crippen molar-refractivity contribution in [1.29, 1.82) is 0 Å². The van der Waals surface area contributed by atoms with Gasteiger partial charge in [0.25, 0.3) is 5.91 Å². The molecule has 0 spiro atoms. The molecule has 2 aromatic carbocycles. The van der Waals surface area contributed by atoms with E-state index in [1.165, 1.54) is 16.9 Å². The van der Waals surface area contributed by atoms with Crippen molar-refractivity contribution in [1.82, 2.24) is 4.98 Å². The van der Waals surface area contributed by atoms with Gasteiger partial charge in [0.15, 0.2) is 11.7 Å². The Hall–Kier alpha value is -2.40. The molecule has 0 fully saturated rings. The minimum absolute atomic E-state index is 0.0296. The molecular weight excluding hydrogens is 332 g/mol. The smallest absolute Gasteiger partial charge is 0.264 e. The average molecular weight is 354 g/mol. The van der Waals surface area contributed by atoms with Crippen molar-refractivity contribution in [2.24, 2.45) is 0 Å². The summed E-state index contributed by atoms with van der Waals surface area (Å²) in [6.07, 6.45) is 0. The Morgan fingerprint density at radius 1 is 1.16 bits per heavy atom. The van der Waals surface area contributed by atoms with Gasteiger partial charge in [-0.05, 0) is 54.7 Å². The van der Waals surface area contributed by atoms with E-state index in [2.05, 4.69) is 42.3 Å². The molecule has 0 aliphatic rings. The first kappa shape index (κ1) is 17.4. The molecule has 0 unspecified atom stereocenters. The Balaban J connectivity index is 1.67. The van der Waals surface area contributed by atoms with Crippen LogP contribution in [0.5, 0.6) is 5.75 Å². The van der Waals surface area contributed by atoms with E-state index in [4.69, 9.17) is 4.74 Å². The van der Waals surface area contributed by atoms with E-state index < -0.39 is 0 Å². The average Bonchev–Trinajstić information content (AvgIpc) is 2.93. The van der Waals surface area contributed by atoms with Gasteiger partial charge in [-0.25, -0.2) is 4.98 Å². The Bertz CT molecular complexity index is 915. The summed E-state index contributed by atoms with van der Waals surface area (Å²) in [5, 5.41) is 3.43. The largest absolute Gasteiger partial charge is 0.483 e. The second-order valence-electron chi connectivity index (χ2n) is 6.52. The maximum atomic E-state index is 12.2. The number of nitrogens with zero attached hydrogens (tertiary/aromatic N) is 1. The van der Waals surface area contributed by atoms with Gasteiger partial charge in [-0.2, -0.15) is 0 Å². The number of aromatic nitrogens is 1. The van der Waals surface area contributed by atoms with E-state index in [0.717, 1.165) is 27.1 Å². The van der Waals surface area contributed by atoms with E-state index in [9.17, 15) is 4.79 Å². The van der Waals surface area contributed by atoms with Gasteiger partial charge in [0.2, 0.25) is 0 Å². The number of rotatable bonds is 5. The van der Waals surface area contributed by atoms with Crippen LogP contribution >= 0.6 is 11.3 Å². The van der Waals surface area contributed by atoms with Gasteiger partial charge in [-0.3, -0.25) is 10.1 Å². The number of thiazole rings is 1. The zero-order valence-electron chi connectivity index (χ0n) is 14.9. The molecule has 0 bridgehead atoms. The molecular formula is C20H22N2O2S. The molecule has 3 aromatic rings. The molecule has 5 heteroatoms. The fourth-order valence-electron chi connectivity index (χ4n) is 2.63. The lowest BCUT2D eigenvalue weighted by Crippen LogP contribution is -2.20. The van der Waals surface area contributed by atoms with Crippen LogP contribution in [0.1, 0.15) is 36.5 Å². The number of hydrogen-bond acceptors (Lipinski definition) is 4. The molecule has 0 aliphatic carbocycles. The van der Waals surface area contributed by atoms with Crippen LogP contribution < -0.4 is 10.1 Å². The molecule has 1 amide bonds. The normalized spacial score (nSPS) is 11.1. The van der Waals surface area contributed by atoms with Crippen LogP contribution in [0.2, 0.25) is 0 Å². The van der Waals surface area contributed by atoms with Crippen molar-refractivity contribution in [2.75, 3.05) is 11.9 Å². The minimum Gasteiger partial charge on any atom is -0.483 e. The minimum atomic E-state index is -0.202. The molecule has 1 heterocycles. The predicted octanol–water partition coefficient (Wildman–Crippen LogP) is 5.05. The van der Waals surface area contributed by atoms with Crippen LogP contribution in [0.3, 0.4) is 0 Å². The lowest BCUT2D eigenvalue weighted by atomic mass is 10.0. The van der Waals surface area contributed by atoms with Gasteiger partial charge in [0.1, 0.15) is 5.75 Å². The summed E-state index contributed by atoms with van der Waals surface area (Å²) < 4.78 is 6.84. The first-order chi connectivity index (χ1) is 11.9. The third kappa shape index (κ3) is 4.17. The third-order valence-electron chi connectivity index (χ3n) is 3.94. The topological polar surface area (TPSA) is 51.2 Å². The quantitative estimate of drug-likeness (QED) is 0.697. The van der Waals surface area contributed by atoms with E-state index in [1.807, 2.05) is 32.0 Å². The monoisotopic (exact) mass is 354 g/mol. The number of hydrogen-bond donors (Lipinski definition) is 1. The third-order valence-corrected chi connectivity index (χ3v) is 4.87. The summed E-state index contributed by atoms with van der Waals surface area (Å²) in [5.41, 5.74) is 4.29. The molecule has 25 heavy (non-hydrogen) atoms. The summed E-state index contributed by atoms with van der Waals surface area (Å²) >= 11 is 1.47. The molecule has 0 saturated heterocycles. The summed E-state index contributed by atoms with van der Waals surface area (Å²) in [6.45, 7) is 8.25. The number of amides is 1. The van der Waals surface area contributed by atoms with Crippen LogP contribution in [0, 0.1) is 13.8 Å². The fraction of sp³-hybridized carbons (Fsp3) is 0.300.